The fraction of sp³-hybridized carbons (Fsp3) is 0.444. The highest BCUT2D eigenvalue weighted by Gasteiger charge is 2.22. The number of hydrogen-bond acceptors (Lipinski definition) is 2. The first-order valence-corrected chi connectivity index (χ1v) is 7.91. The Morgan fingerprint density at radius 3 is 2.67 bits per heavy atom. The lowest BCUT2D eigenvalue weighted by Gasteiger charge is -2.28. The summed E-state index contributed by atoms with van der Waals surface area (Å²) in [5.74, 6) is 0. The van der Waals surface area contributed by atoms with E-state index in [1.807, 2.05) is 6.07 Å². The number of aliphatic hydroxyl groups is 1. The molecule has 3 rings (SSSR count). The van der Waals surface area contributed by atoms with E-state index in [2.05, 4.69) is 52.6 Å². The zero-order valence-corrected chi connectivity index (χ0v) is 12.4. The standard InChI is InChI=1S/C18H24N2O/c21-18-9-5-4-8-17(18)19-12-16-10-11-20(14-16)13-15-6-2-1-3-7-15/h1-3,6-7,10-11,14,17-19,21H,4-5,8-9,12-13H2. The van der Waals surface area contributed by atoms with Gasteiger partial charge in [0.1, 0.15) is 0 Å². The first kappa shape index (κ1) is 14.4. The third-order valence-corrected chi connectivity index (χ3v) is 4.32. The third kappa shape index (κ3) is 3.96. The van der Waals surface area contributed by atoms with Gasteiger partial charge in [-0.3, -0.25) is 0 Å². The Kier molecular flexibility index (Phi) is 4.73. The van der Waals surface area contributed by atoms with Crippen molar-refractivity contribution in [3.05, 3.63) is 59.9 Å². The summed E-state index contributed by atoms with van der Waals surface area (Å²) in [7, 11) is 0. The maximum Gasteiger partial charge on any atom is 0.0693 e. The van der Waals surface area contributed by atoms with Crippen LogP contribution in [-0.2, 0) is 13.1 Å². The van der Waals surface area contributed by atoms with Gasteiger partial charge >= 0.3 is 0 Å². The minimum absolute atomic E-state index is 0.176. The number of aromatic nitrogens is 1. The molecule has 1 aliphatic carbocycles. The highest BCUT2D eigenvalue weighted by atomic mass is 16.3. The lowest BCUT2D eigenvalue weighted by atomic mass is 9.92. The van der Waals surface area contributed by atoms with Crippen molar-refractivity contribution in [3.63, 3.8) is 0 Å². The summed E-state index contributed by atoms with van der Waals surface area (Å²) in [5, 5.41) is 13.5. The van der Waals surface area contributed by atoms with Crippen molar-refractivity contribution in [1.29, 1.82) is 0 Å². The maximum atomic E-state index is 9.98. The third-order valence-electron chi connectivity index (χ3n) is 4.32. The molecule has 1 aromatic heterocycles. The van der Waals surface area contributed by atoms with Crippen LogP contribution in [-0.4, -0.2) is 21.8 Å². The molecular weight excluding hydrogens is 260 g/mol. The quantitative estimate of drug-likeness (QED) is 0.886. The fourth-order valence-corrected chi connectivity index (χ4v) is 3.09. The first-order chi connectivity index (χ1) is 10.3. The van der Waals surface area contributed by atoms with Gasteiger partial charge in [-0.15, -0.1) is 0 Å². The maximum absolute atomic E-state index is 9.98. The van der Waals surface area contributed by atoms with Crippen LogP contribution in [0.3, 0.4) is 0 Å². The molecule has 2 aromatic rings. The number of nitrogens with one attached hydrogen (secondary N) is 1. The summed E-state index contributed by atoms with van der Waals surface area (Å²) in [6.07, 6.45) is 8.55. The van der Waals surface area contributed by atoms with Gasteiger partial charge in [0.2, 0.25) is 0 Å². The molecule has 21 heavy (non-hydrogen) atoms. The summed E-state index contributed by atoms with van der Waals surface area (Å²) >= 11 is 0. The first-order valence-electron chi connectivity index (χ1n) is 7.91. The number of hydrogen-bond donors (Lipinski definition) is 2. The lowest BCUT2D eigenvalue weighted by Crippen LogP contribution is -2.41. The lowest BCUT2D eigenvalue weighted by molar-refractivity contribution is 0.0902. The zero-order valence-electron chi connectivity index (χ0n) is 12.4. The number of nitrogens with zero attached hydrogens (tertiary/aromatic N) is 1. The van der Waals surface area contributed by atoms with E-state index >= 15 is 0 Å². The molecule has 0 spiro atoms. The Morgan fingerprint density at radius 1 is 1.05 bits per heavy atom. The minimum Gasteiger partial charge on any atom is -0.392 e. The smallest absolute Gasteiger partial charge is 0.0693 e. The van der Waals surface area contributed by atoms with Crippen molar-refractivity contribution >= 4 is 0 Å². The minimum atomic E-state index is -0.176. The molecule has 2 unspecified atom stereocenters. The summed E-state index contributed by atoms with van der Waals surface area (Å²) < 4.78 is 2.21. The van der Waals surface area contributed by atoms with Gasteiger partial charge in [0.05, 0.1) is 6.10 Å². The molecule has 0 radical (unpaired) electrons. The monoisotopic (exact) mass is 284 g/mol. The second kappa shape index (κ2) is 6.92. The topological polar surface area (TPSA) is 37.2 Å². The van der Waals surface area contributed by atoms with Gasteiger partial charge in [-0.2, -0.15) is 0 Å². The van der Waals surface area contributed by atoms with Crippen LogP contribution in [0, 0.1) is 0 Å². The van der Waals surface area contributed by atoms with Crippen LogP contribution in [0.1, 0.15) is 36.8 Å². The number of aliphatic hydroxyl groups excluding tert-OH is 1. The van der Waals surface area contributed by atoms with Gasteiger partial charge in [0, 0.05) is 31.5 Å². The van der Waals surface area contributed by atoms with E-state index in [0.29, 0.717) is 0 Å². The van der Waals surface area contributed by atoms with Crippen LogP contribution in [0.15, 0.2) is 48.8 Å². The Bertz CT molecular complexity index is 549. The molecule has 0 saturated heterocycles. The SMILES string of the molecule is OC1CCCCC1NCc1ccn(Cc2ccccc2)c1. The molecule has 3 heteroatoms. The summed E-state index contributed by atoms with van der Waals surface area (Å²) in [6.45, 7) is 1.75. The van der Waals surface area contributed by atoms with Crippen LogP contribution < -0.4 is 5.32 Å². The molecule has 1 aromatic carbocycles. The van der Waals surface area contributed by atoms with Gasteiger partial charge in [-0.1, -0.05) is 43.2 Å². The molecule has 1 fully saturated rings. The van der Waals surface area contributed by atoms with Crippen LogP contribution in [0.5, 0.6) is 0 Å². The van der Waals surface area contributed by atoms with Crippen molar-refractivity contribution in [2.24, 2.45) is 0 Å². The van der Waals surface area contributed by atoms with E-state index in [1.54, 1.807) is 0 Å². The molecule has 2 N–H and O–H groups in total. The normalized spacial score (nSPS) is 22.3. The fourth-order valence-electron chi connectivity index (χ4n) is 3.09. The van der Waals surface area contributed by atoms with Crippen LogP contribution in [0.2, 0.25) is 0 Å². The van der Waals surface area contributed by atoms with Gasteiger partial charge in [0.25, 0.3) is 0 Å². The molecule has 112 valence electrons. The summed E-state index contributed by atoms with van der Waals surface area (Å²) in [5.41, 5.74) is 2.60. The summed E-state index contributed by atoms with van der Waals surface area (Å²) in [6, 6.07) is 12.9. The number of rotatable bonds is 5. The average Bonchev–Trinajstić information content (AvgIpc) is 2.95. The van der Waals surface area contributed by atoms with E-state index in [4.69, 9.17) is 0 Å². The molecule has 1 heterocycles. The Hall–Kier alpha value is -1.58. The average molecular weight is 284 g/mol. The van der Waals surface area contributed by atoms with Crippen molar-refractivity contribution in [3.8, 4) is 0 Å². The molecule has 2 atom stereocenters. The van der Waals surface area contributed by atoms with E-state index in [9.17, 15) is 5.11 Å². The van der Waals surface area contributed by atoms with E-state index in [1.165, 1.54) is 17.5 Å². The molecule has 1 saturated carbocycles. The van der Waals surface area contributed by atoms with Crippen molar-refractivity contribution in [2.45, 2.75) is 50.9 Å². The van der Waals surface area contributed by atoms with E-state index < -0.39 is 0 Å². The molecular formula is C18H24N2O. The van der Waals surface area contributed by atoms with Crippen molar-refractivity contribution in [1.82, 2.24) is 9.88 Å². The highest BCUT2D eigenvalue weighted by molar-refractivity contribution is 5.17. The Labute approximate surface area is 126 Å². The van der Waals surface area contributed by atoms with Crippen molar-refractivity contribution in [2.75, 3.05) is 0 Å². The van der Waals surface area contributed by atoms with E-state index in [0.717, 1.165) is 32.4 Å². The second-order valence-electron chi connectivity index (χ2n) is 6.02. The van der Waals surface area contributed by atoms with Crippen LogP contribution >= 0.6 is 0 Å². The predicted octanol–water partition coefficient (Wildman–Crippen LogP) is 2.93. The second-order valence-corrected chi connectivity index (χ2v) is 6.02. The summed E-state index contributed by atoms with van der Waals surface area (Å²) in [4.78, 5) is 0. The van der Waals surface area contributed by atoms with Crippen LogP contribution in [0.25, 0.3) is 0 Å². The van der Waals surface area contributed by atoms with Gasteiger partial charge in [0.15, 0.2) is 0 Å². The Balaban J connectivity index is 1.53. The van der Waals surface area contributed by atoms with Crippen LogP contribution in [0.4, 0.5) is 0 Å². The van der Waals surface area contributed by atoms with Gasteiger partial charge in [-0.25, -0.2) is 0 Å². The molecule has 1 aliphatic rings. The molecule has 3 nitrogen and oxygen atoms in total. The Morgan fingerprint density at radius 2 is 1.86 bits per heavy atom. The largest absolute Gasteiger partial charge is 0.392 e. The zero-order chi connectivity index (χ0) is 14.5. The highest BCUT2D eigenvalue weighted by Crippen LogP contribution is 2.18. The molecule has 0 amide bonds. The van der Waals surface area contributed by atoms with E-state index in [-0.39, 0.29) is 12.1 Å². The van der Waals surface area contributed by atoms with Gasteiger partial charge in [-0.05, 0) is 30.0 Å². The molecule has 0 aliphatic heterocycles. The predicted molar refractivity (Wildman–Crippen MR) is 85.1 cm³/mol. The molecule has 0 bridgehead atoms. The van der Waals surface area contributed by atoms with Gasteiger partial charge < -0.3 is 15.0 Å². The number of benzene rings is 1. The van der Waals surface area contributed by atoms with Crippen molar-refractivity contribution < 1.29 is 5.11 Å².